The van der Waals surface area contributed by atoms with Crippen molar-refractivity contribution in [3.8, 4) is 22.6 Å². The minimum absolute atomic E-state index is 0.748. The zero-order chi connectivity index (χ0) is 15.2. The molecular formula is C17H20ClNO2. The summed E-state index contributed by atoms with van der Waals surface area (Å²) in [5.41, 5.74) is 3.06. The Kier molecular flexibility index (Phi) is 5.48. The maximum absolute atomic E-state index is 6.37. The molecule has 2 aromatic carbocycles. The van der Waals surface area contributed by atoms with Gasteiger partial charge in [0.1, 0.15) is 11.5 Å². The van der Waals surface area contributed by atoms with Crippen LogP contribution in [0.2, 0.25) is 5.02 Å². The Hall–Kier alpha value is -1.71. The van der Waals surface area contributed by atoms with E-state index in [1.807, 2.05) is 30.3 Å². The van der Waals surface area contributed by atoms with Gasteiger partial charge in [-0.05, 0) is 41.9 Å². The lowest BCUT2D eigenvalue weighted by Gasteiger charge is -2.12. The third-order valence-corrected chi connectivity index (χ3v) is 3.69. The number of hydrogen-bond donors (Lipinski definition) is 1. The Morgan fingerprint density at radius 1 is 1.05 bits per heavy atom. The van der Waals surface area contributed by atoms with Gasteiger partial charge in [0, 0.05) is 17.1 Å². The van der Waals surface area contributed by atoms with E-state index in [0.717, 1.165) is 46.3 Å². The molecule has 21 heavy (non-hydrogen) atoms. The summed E-state index contributed by atoms with van der Waals surface area (Å²) in [6.45, 7) is 3.76. The lowest BCUT2D eigenvalue weighted by Crippen LogP contribution is -2.11. The van der Waals surface area contributed by atoms with Gasteiger partial charge < -0.3 is 14.8 Å². The van der Waals surface area contributed by atoms with Gasteiger partial charge in [0.25, 0.3) is 0 Å². The van der Waals surface area contributed by atoms with Crippen LogP contribution >= 0.6 is 11.6 Å². The normalized spacial score (nSPS) is 10.5. The smallest absolute Gasteiger partial charge is 0.126 e. The molecule has 0 saturated carbocycles. The number of ether oxygens (including phenoxy) is 2. The van der Waals surface area contributed by atoms with Crippen LogP contribution in [0.5, 0.6) is 11.5 Å². The van der Waals surface area contributed by atoms with E-state index in [0.29, 0.717) is 0 Å². The second-order valence-corrected chi connectivity index (χ2v) is 5.06. The Labute approximate surface area is 130 Å². The predicted octanol–water partition coefficient (Wildman–Crippen LogP) is 4.13. The van der Waals surface area contributed by atoms with Crippen molar-refractivity contribution in [3.63, 3.8) is 0 Å². The van der Waals surface area contributed by atoms with Gasteiger partial charge in [0.05, 0.1) is 14.2 Å². The molecule has 0 bridgehead atoms. The van der Waals surface area contributed by atoms with E-state index in [2.05, 4.69) is 18.3 Å². The van der Waals surface area contributed by atoms with Crippen molar-refractivity contribution in [2.24, 2.45) is 0 Å². The second kappa shape index (κ2) is 7.34. The van der Waals surface area contributed by atoms with E-state index in [1.165, 1.54) is 0 Å². The van der Waals surface area contributed by atoms with Crippen molar-refractivity contribution in [1.29, 1.82) is 0 Å². The first-order valence-electron chi connectivity index (χ1n) is 6.91. The van der Waals surface area contributed by atoms with E-state index in [4.69, 9.17) is 21.1 Å². The Morgan fingerprint density at radius 2 is 1.86 bits per heavy atom. The van der Waals surface area contributed by atoms with Crippen LogP contribution in [0.15, 0.2) is 36.4 Å². The van der Waals surface area contributed by atoms with Gasteiger partial charge in [-0.3, -0.25) is 0 Å². The fourth-order valence-corrected chi connectivity index (χ4v) is 2.40. The third-order valence-electron chi connectivity index (χ3n) is 3.34. The highest BCUT2D eigenvalue weighted by Crippen LogP contribution is 2.35. The molecule has 1 N–H and O–H groups in total. The molecular weight excluding hydrogens is 286 g/mol. The molecule has 0 spiro atoms. The van der Waals surface area contributed by atoms with Crippen molar-refractivity contribution in [2.75, 3.05) is 20.8 Å². The Bertz CT molecular complexity index is 614. The van der Waals surface area contributed by atoms with Crippen LogP contribution in [0.25, 0.3) is 11.1 Å². The SMILES string of the molecule is CCNCc1ccc(-c2cc(OC)ccc2OC)cc1Cl. The highest BCUT2D eigenvalue weighted by Gasteiger charge is 2.10. The van der Waals surface area contributed by atoms with Gasteiger partial charge in [0.2, 0.25) is 0 Å². The topological polar surface area (TPSA) is 30.5 Å². The van der Waals surface area contributed by atoms with E-state index in [-0.39, 0.29) is 0 Å². The summed E-state index contributed by atoms with van der Waals surface area (Å²) in [5, 5.41) is 4.02. The van der Waals surface area contributed by atoms with Gasteiger partial charge in [-0.25, -0.2) is 0 Å². The average molecular weight is 306 g/mol. The molecule has 0 saturated heterocycles. The van der Waals surface area contributed by atoms with E-state index < -0.39 is 0 Å². The molecule has 0 unspecified atom stereocenters. The largest absolute Gasteiger partial charge is 0.497 e. The quantitative estimate of drug-likeness (QED) is 0.870. The molecule has 0 aliphatic rings. The molecule has 0 fully saturated rings. The summed E-state index contributed by atoms with van der Waals surface area (Å²) in [7, 11) is 3.31. The first-order chi connectivity index (χ1) is 10.2. The van der Waals surface area contributed by atoms with Crippen LogP contribution in [0.4, 0.5) is 0 Å². The molecule has 4 heteroatoms. The summed E-state index contributed by atoms with van der Waals surface area (Å²) in [5.74, 6) is 1.59. The third kappa shape index (κ3) is 3.69. The first-order valence-corrected chi connectivity index (χ1v) is 7.29. The maximum atomic E-state index is 6.37. The number of benzene rings is 2. The Balaban J connectivity index is 2.39. The minimum atomic E-state index is 0.748. The zero-order valence-corrected chi connectivity index (χ0v) is 13.3. The van der Waals surface area contributed by atoms with Gasteiger partial charge in [0.15, 0.2) is 0 Å². The summed E-state index contributed by atoms with van der Waals surface area (Å²) < 4.78 is 10.7. The minimum Gasteiger partial charge on any atom is -0.497 e. The molecule has 3 nitrogen and oxygen atoms in total. The van der Waals surface area contributed by atoms with Crippen LogP contribution < -0.4 is 14.8 Å². The van der Waals surface area contributed by atoms with Crippen molar-refractivity contribution >= 4 is 11.6 Å². The van der Waals surface area contributed by atoms with Gasteiger partial charge >= 0.3 is 0 Å². The number of nitrogens with one attached hydrogen (secondary N) is 1. The van der Waals surface area contributed by atoms with Gasteiger partial charge in [-0.15, -0.1) is 0 Å². The summed E-state index contributed by atoms with van der Waals surface area (Å²) in [4.78, 5) is 0. The molecule has 0 aliphatic heterocycles. The Morgan fingerprint density at radius 3 is 2.48 bits per heavy atom. The number of halogens is 1. The van der Waals surface area contributed by atoms with Crippen LogP contribution in [0, 0.1) is 0 Å². The summed E-state index contributed by atoms with van der Waals surface area (Å²) in [6, 6.07) is 11.8. The van der Waals surface area contributed by atoms with Crippen LogP contribution in [-0.2, 0) is 6.54 Å². The van der Waals surface area contributed by atoms with E-state index in [1.54, 1.807) is 14.2 Å². The summed E-state index contributed by atoms with van der Waals surface area (Å²) in [6.07, 6.45) is 0. The number of hydrogen-bond acceptors (Lipinski definition) is 3. The zero-order valence-electron chi connectivity index (χ0n) is 12.6. The highest BCUT2D eigenvalue weighted by atomic mass is 35.5. The van der Waals surface area contributed by atoms with Crippen molar-refractivity contribution in [3.05, 3.63) is 47.0 Å². The van der Waals surface area contributed by atoms with Crippen molar-refractivity contribution in [1.82, 2.24) is 5.32 Å². The molecule has 0 heterocycles. The highest BCUT2D eigenvalue weighted by molar-refractivity contribution is 6.31. The van der Waals surface area contributed by atoms with Crippen LogP contribution in [0.3, 0.4) is 0 Å². The first kappa shape index (κ1) is 15.7. The van der Waals surface area contributed by atoms with Gasteiger partial charge in [-0.2, -0.15) is 0 Å². The maximum Gasteiger partial charge on any atom is 0.126 e. The molecule has 0 atom stereocenters. The van der Waals surface area contributed by atoms with Crippen LogP contribution in [-0.4, -0.2) is 20.8 Å². The molecule has 0 aliphatic carbocycles. The van der Waals surface area contributed by atoms with Crippen molar-refractivity contribution in [2.45, 2.75) is 13.5 Å². The van der Waals surface area contributed by atoms with E-state index >= 15 is 0 Å². The second-order valence-electron chi connectivity index (χ2n) is 4.65. The standard InChI is InChI=1S/C17H20ClNO2/c1-4-19-11-13-6-5-12(9-16(13)18)15-10-14(20-2)7-8-17(15)21-3/h5-10,19H,4,11H2,1-3H3. The van der Waals surface area contributed by atoms with Crippen LogP contribution in [0.1, 0.15) is 12.5 Å². The number of rotatable bonds is 6. The number of methoxy groups -OCH3 is 2. The lowest BCUT2D eigenvalue weighted by atomic mass is 10.0. The lowest BCUT2D eigenvalue weighted by molar-refractivity contribution is 0.404. The fraction of sp³-hybridized carbons (Fsp3) is 0.294. The van der Waals surface area contributed by atoms with Crippen molar-refractivity contribution < 1.29 is 9.47 Å². The fourth-order valence-electron chi connectivity index (χ4n) is 2.16. The molecule has 0 amide bonds. The summed E-state index contributed by atoms with van der Waals surface area (Å²) >= 11 is 6.37. The molecule has 0 aromatic heterocycles. The molecule has 112 valence electrons. The van der Waals surface area contributed by atoms with E-state index in [9.17, 15) is 0 Å². The monoisotopic (exact) mass is 305 g/mol. The average Bonchev–Trinajstić information content (AvgIpc) is 2.53. The predicted molar refractivity (Wildman–Crippen MR) is 87.4 cm³/mol. The molecule has 0 radical (unpaired) electrons. The molecule has 2 aromatic rings. The molecule has 2 rings (SSSR count). The van der Waals surface area contributed by atoms with Gasteiger partial charge in [-0.1, -0.05) is 30.7 Å².